The molecule has 0 N–H and O–H groups in total. The Morgan fingerprint density at radius 2 is 2.12 bits per heavy atom. The van der Waals surface area contributed by atoms with Gasteiger partial charge in [0.1, 0.15) is 6.54 Å². The van der Waals surface area contributed by atoms with Crippen LogP contribution in [0.3, 0.4) is 0 Å². The summed E-state index contributed by atoms with van der Waals surface area (Å²) in [5.41, 5.74) is 0.141. The summed E-state index contributed by atoms with van der Waals surface area (Å²) < 4.78 is 2.05. The van der Waals surface area contributed by atoms with E-state index in [0.717, 1.165) is 23.7 Å². The summed E-state index contributed by atoms with van der Waals surface area (Å²) in [6, 6.07) is 6.91. The zero-order valence-electron chi connectivity index (χ0n) is 9.09. The molecule has 2 aromatic rings. The van der Waals surface area contributed by atoms with E-state index in [4.69, 9.17) is 0 Å². The minimum Gasteiger partial charge on any atom is -0.258 e. The summed E-state index contributed by atoms with van der Waals surface area (Å²) in [5, 5.41) is 12.6. The molecule has 0 aliphatic rings. The van der Waals surface area contributed by atoms with E-state index in [-0.39, 0.29) is 10.6 Å². The van der Waals surface area contributed by atoms with Gasteiger partial charge in [-0.25, -0.2) is 4.57 Å². The Morgan fingerprint density at radius 3 is 2.81 bits per heavy atom. The second kappa shape index (κ2) is 4.26. The molecule has 0 radical (unpaired) electrons. The molecule has 16 heavy (non-hydrogen) atoms. The van der Waals surface area contributed by atoms with E-state index < -0.39 is 0 Å². The standard InChI is InChI=1S/C12H13N2O2/c1-2-6-13-7-5-10-3-4-12(14(15)16)8-11(10)9-13/h3-5,7-9H,2,6H2,1H3/q+1. The predicted molar refractivity (Wildman–Crippen MR) is 61.1 cm³/mol. The van der Waals surface area contributed by atoms with Crippen LogP contribution in [0.5, 0.6) is 0 Å². The predicted octanol–water partition coefficient (Wildman–Crippen LogP) is 2.45. The fourth-order valence-electron chi connectivity index (χ4n) is 1.73. The highest BCUT2D eigenvalue weighted by molar-refractivity contribution is 5.82. The lowest BCUT2D eigenvalue weighted by Crippen LogP contribution is -2.32. The summed E-state index contributed by atoms with van der Waals surface area (Å²) >= 11 is 0. The van der Waals surface area contributed by atoms with Gasteiger partial charge < -0.3 is 0 Å². The lowest BCUT2D eigenvalue weighted by atomic mass is 10.1. The van der Waals surface area contributed by atoms with Crippen LogP contribution in [-0.4, -0.2) is 4.92 Å². The first-order chi connectivity index (χ1) is 7.70. The maximum Gasteiger partial charge on any atom is 0.270 e. The molecule has 82 valence electrons. The van der Waals surface area contributed by atoms with Gasteiger partial charge in [0.05, 0.1) is 10.3 Å². The second-order valence-electron chi connectivity index (χ2n) is 3.75. The summed E-state index contributed by atoms with van der Waals surface area (Å²) in [5.74, 6) is 0. The molecular weight excluding hydrogens is 204 g/mol. The summed E-state index contributed by atoms with van der Waals surface area (Å²) in [6.45, 7) is 3.03. The molecule has 0 atom stereocenters. The minimum atomic E-state index is -0.364. The van der Waals surface area contributed by atoms with Crippen molar-refractivity contribution in [2.24, 2.45) is 0 Å². The van der Waals surface area contributed by atoms with Crippen LogP contribution < -0.4 is 4.57 Å². The van der Waals surface area contributed by atoms with Gasteiger partial charge in [0.15, 0.2) is 12.4 Å². The maximum absolute atomic E-state index is 10.7. The van der Waals surface area contributed by atoms with E-state index in [2.05, 4.69) is 6.92 Å². The Morgan fingerprint density at radius 1 is 1.31 bits per heavy atom. The molecule has 0 amide bonds. The molecule has 2 rings (SSSR count). The van der Waals surface area contributed by atoms with Gasteiger partial charge >= 0.3 is 0 Å². The first-order valence-corrected chi connectivity index (χ1v) is 5.28. The van der Waals surface area contributed by atoms with Gasteiger partial charge in [-0.2, -0.15) is 0 Å². The number of nitro groups is 1. The van der Waals surface area contributed by atoms with Crippen molar-refractivity contribution in [1.29, 1.82) is 0 Å². The number of rotatable bonds is 3. The topological polar surface area (TPSA) is 47.0 Å². The Kier molecular flexibility index (Phi) is 2.81. The number of aromatic nitrogens is 1. The van der Waals surface area contributed by atoms with Crippen LogP contribution in [0.4, 0.5) is 5.69 Å². The molecular formula is C12H13N2O2+. The number of nitro benzene ring substituents is 1. The average Bonchev–Trinajstić information content (AvgIpc) is 2.28. The van der Waals surface area contributed by atoms with Crippen molar-refractivity contribution in [2.75, 3.05) is 0 Å². The molecule has 1 aromatic carbocycles. The molecule has 0 aliphatic heterocycles. The number of benzene rings is 1. The van der Waals surface area contributed by atoms with Crippen LogP contribution in [0.1, 0.15) is 13.3 Å². The van der Waals surface area contributed by atoms with Crippen molar-refractivity contribution >= 4 is 16.5 Å². The Hall–Kier alpha value is -1.97. The maximum atomic E-state index is 10.7. The van der Waals surface area contributed by atoms with Crippen LogP contribution in [0.25, 0.3) is 10.8 Å². The van der Waals surface area contributed by atoms with Crippen molar-refractivity contribution in [3.8, 4) is 0 Å². The minimum absolute atomic E-state index is 0.141. The number of aryl methyl sites for hydroxylation is 1. The fraction of sp³-hybridized carbons (Fsp3) is 0.250. The highest BCUT2D eigenvalue weighted by Gasteiger charge is 2.08. The molecule has 1 heterocycles. The van der Waals surface area contributed by atoms with E-state index in [0.29, 0.717) is 0 Å². The highest BCUT2D eigenvalue weighted by atomic mass is 16.6. The van der Waals surface area contributed by atoms with Crippen molar-refractivity contribution in [3.63, 3.8) is 0 Å². The van der Waals surface area contributed by atoms with E-state index in [1.807, 2.05) is 23.0 Å². The monoisotopic (exact) mass is 217 g/mol. The Balaban J connectivity index is 2.52. The molecule has 1 aromatic heterocycles. The molecule has 0 fully saturated rings. The lowest BCUT2D eigenvalue weighted by Gasteiger charge is -1.98. The summed E-state index contributed by atoms with van der Waals surface area (Å²) in [4.78, 5) is 10.3. The molecule has 4 heteroatoms. The van der Waals surface area contributed by atoms with E-state index in [1.54, 1.807) is 12.1 Å². The van der Waals surface area contributed by atoms with Crippen LogP contribution >= 0.6 is 0 Å². The molecule has 0 unspecified atom stereocenters. The van der Waals surface area contributed by atoms with E-state index in [9.17, 15) is 10.1 Å². The van der Waals surface area contributed by atoms with E-state index >= 15 is 0 Å². The number of non-ortho nitro benzene ring substituents is 1. The van der Waals surface area contributed by atoms with Gasteiger partial charge in [-0.15, -0.1) is 0 Å². The third kappa shape index (κ3) is 2.00. The van der Waals surface area contributed by atoms with E-state index in [1.165, 1.54) is 6.07 Å². The molecule has 0 saturated heterocycles. The number of hydrogen-bond donors (Lipinski definition) is 0. The summed E-state index contributed by atoms with van der Waals surface area (Å²) in [6.07, 6.45) is 4.99. The van der Waals surface area contributed by atoms with Gasteiger partial charge in [-0.3, -0.25) is 10.1 Å². The van der Waals surface area contributed by atoms with Gasteiger partial charge in [0.25, 0.3) is 5.69 Å². The Bertz CT molecular complexity index is 538. The third-order valence-corrected chi connectivity index (χ3v) is 2.51. The fourth-order valence-corrected chi connectivity index (χ4v) is 1.73. The number of hydrogen-bond acceptors (Lipinski definition) is 2. The van der Waals surface area contributed by atoms with Crippen LogP contribution in [-0.2, 0) is 6.54 Å². The Labute approximate surface area is 93.3 Å². The van der Waals surface area contributed by atoms with Crippen LogP contribution in [0.15, 0.2) is 36.7 Å². The molecule has 0 bridgehead atoms. The first-order valence-electron chi connectivity index (χ1n) is 5.28. The van der Waals surface area contributed by atoms with Crippen molar-refractivity contribution in [3.05, 3.63) is 46.8 Å². The van der Waals surface area contributed by atoms with Crippen molar-refractivity contribution < 1.29 is 9.49 Å². The normalized spacial score (nSPS) is 10.6. The zero-order chi connectivity index (χ0) is 11.5. The first kappa shape index (κ1) is 10.5. The van der Waals surface area contributed by atoms with Crippen LogP contribution in [0, 0.1) is 10.1 Å². The number of pyridine rings is 1. The van der Waals surface area contributed by atoms with Crippen molar-refractivity contribution in [2.45, 2.75) is 19.9 Å². The molecule has 0 aliphatic carbocycles. The van der Waals surface area contributed by atoms with Crippen LogP contribution in [0.2, 0.25) is 0 Å². The largest absolute Gasteiger partial charge is 0.270 e. The van der Waals surface area contributed by atoms with Gasteiger partial charge in [-0.1, -0.05) is 6.92 Å². The lowest BCUT2D eigenvalue weighted by molar-refractivity contribution is -0.695. The zero-order valence-corrected chi connectivity index (χ0v) is 9.09. The molecule has 0 saturated carbocycles. The quantitative estimate of drug-likeness (QED) is 0.450. The summed E-state index contributed by atoms with van der Waals surface area (Å²) in [7, 11) is 0. The van der Waals surface area contributed by atoms with Gasteiger partial charge in [0.2, 0.25) is 0 Å². The number of nitrogens with zero attached hydrogens (tertiary/aromatic N) is 2. The highest BCUT2D eigenvalue weighted by Crippen LogP contribution is 2.18. The number of fused-ring (bicyclic) bond motifs is 1. The smallest absolute Gasteiger partial charge is 0.258 e. The second-order valence-corrected chi connectivity index (χ2v) is 3.75. The van der Waals surface area contributed by atoms with Gasteiger partial charge in [0, 0.05) is 24.6 Å². The SMILES string of the molecule is CCC[n+]1ccc2ccc([N+](=O)[O-])cc2c1. The van der Waals surface area contributed by atoms with Gasteiger partial charge in [-0.05, 0) is 11.5 Å². The van der Waals surface area contributed by atoms with Crippen molar-refractivity contribution in [1.82, 2.24) is 0 Å². The average molecular weight is 217 g/mol. The third-order valence-electron chi connectivity index (χ3n) is 2.51. The molecule has 4 nitrogen and oxygen atoms in total. The molecule has 0 spiro atoms.